The van der Waals surface area contributed by atoms with Crippen molar-refractivity contribution in [3.05, 3.63) is 78.1 Å². The van der Waals surface area contributed by atoms with Crippen LogP contribution < -0.4 is 9.64 Å². The fraction of sp³-hybridized carbons (Fsp3) is 0.217. The van der Waals surface area contributed by atoms with Gasteiger partial charge in [-0.05, 0) is 17.7 Å². The third kappa shape index (κ3) is 4.80. The van der Waals surface area contributed by atoms with Crippen molar-refractivity contribution in [3.63, 3.8) is 0 Å². The quantitative estimate of drug-likeness (QED) is 0.616. The Bertz CT molecular complexity index is 1090. The van der Waals surface area contributed by atoms with Crippen LogP contribution in [0.15, 0.2) is 66.9 Å². The first-order chi connectivity index (χ1) is 15.1. The minimum atomic E-state index is -0.295. The predicted octanol–water partition coefficient (Wildman–Crippen LogP) is 2.49. The Morgan fingerprint density at radius 3 is 2.74 bits per heavy atom. The predicted molar refractivity (Wildman–Crippen MR) is 117 cm³/mol. The summed E-state index contributed by atoms with van der Waals surface area (Å²) >= 11 is 0. The summed E-state index contributed by atoms with van der Waals surface area (Å²) < 4.78 is 6.83. The molecular formula is C23H23N5O3. The molecule has 0 N–H and O–H groups in total. The minimum Gasteiger partial charge on any atom is -0.497 e. The fourth-order valence-electron chi connectivity index (χ4n) is 3.41. The van der Waals surface area contributed by atoms with Gasteiger partial charge in [-0.2, -0.15) is 0 Å². The van der Waals surface area contributed by atoms with Gasteiger partial charge in [0.05, 0.1) is 19.9 Å². The zero-order valence-corrected chi connectivity index (χ0v) is 17.2. The average molecular weight is 417 g/mol. The molecule has 1 fully saturated rings. The monoisotopic (exact) mass is 417 g/mol. The van der Waals surface area contributed by atoms with Crippen LogP contribution in [0.4, 0.5) is 5.69 Å². The summed E-state index contributed by atoms with van der Waals surface area (Å²) in [6, 6.07) is 17.3. The Balaban J connectivity index is 1.36. The van der Waals surface area contributed by atoms with E-state index >= 15 is 0 Å². The van der Waals surface area contributed by atoms with Gasteiger partial charge in [-0.25, -0.2) is 4.68 Å². The number of aromatic nitrogens is 3. The Labute approximate surface area is 180 Å². The van der Waals surface area contributed by atoms with Gasteiger partial charge >= 0.3 is 0 Å². The molecule has 8 nitrogen and oxygen atoms in total. The molecule has 2 heterocycles. The molecule has 2 aromatic carbocycles. The molecule has 1 aliphatic rings. The van der Waals surface area contributed by atoms with E-state index in [1.54, 1.807) is 22.9 Å². The average Bonchev–Trinajstić information content (AvgIpc) is 3.28. The molecule has 2 amide bonds. The van der Waals surface area contributed by atoms with Gasteiger partial charge in [0.25, 0.3) is 5.91 Å². The summed E-state index contributed by atoms with van der Waals surface area (Å²) in [5, 5.41) is 8.01. The van der Waals surface area contributed by atoms with E-state index in [9.17, 15) is 9.59 Å². The van der Waals surface area contributed by atoms with Crippen LogP contribution in [0.2, 0.25) is 0 Å². The van der Waals surface area contributed by atoms with Crippen LogP contribution in [0.1, 0.15) is 16.1 Å². The first-order valence-corrected chi connectivity index (χ1v) is 9.99. The molecule has 0 atom stereocenters. The van der Waals surface area contributed by atoms with Crippen LogP contribution in [0.25, 0.3) is 6.08 Å². The number of ether oxygens (including phenoxy) is 1. The topological polar surface area (TPSA) is 80.6 Å². The molecule has 1 saturated heterocycles. The van der Waals surface area contributed by atoms with Gasteiger partial charge < -0.3 is 14.5 Å². The molecule has 0 saturated carbocycles. The van der Waals surface area contributed by atoms with Crippen LogP contribution in [-0.2, 0) is 11.3 Å². The number of rotatable bonds is 6. The second kappa shape index (κ2) is 9.25. The number of carbonyl (C=O) groups excluding carboxylic acids is 2. The molecular weight excluding hydrogens is 394 g/mol. The smallest absolute Gasteiger partial charge is 0.276 e. The summed E-state index contributed by atoms with van der Waals surface area (Å²) in [5.74, 6) is 0.240. The normalized spacial score (nSPS) is 14.3. The van der Waals surface area contributed by atoms with Crippen molar-refractivity contribution in [1.29, 1.82) is 0 Å². The van der Waals surface area contributed by atoms with Crippen molar-refractivity contribution in [3.8, 4) is 5.75 Å². The summed E-state index contributed by atoms with van der Waals surface area (Å²) in [4.78, 5) is 28.6. The first kappa shape index (κ1) is 20.3. The summed E-state index contributed by atoms with van der Waals surface area (Å²) in [6.07, 6.45) is 5.55. The second-order valence-electron chi connectivity index (χ2n) is 7.11. The van der Waals surface area contributed by atoms with E-state index in [1.807, 2.05) is 66.7 Å². The van der Waals surface area contributed by atoms with Gasteiger partial charge in [0.15, 0.2) is 5.69 Å². The number of anilines is 1. The van der Waals surface area contributed by atoms with Gasteiger partial charge in [0, 0.05) is 24.8 Å². The number of hydrogen-bond donors (Lipinski definition) is 0. The number of benzene rings is 2. The molecule has 1 aliphatic heterocycles. The highest BCUT2D eigenvalue weighted by Crippen LogP contribution is 2.23. The number of methoxy groups -OCH3 is 1. The van der Waals surface area contributed by atoms with Crippen LogP contribution >= 0.6 is 0 Å². The van der Waals surface area contributed by atoms with E-state index in [4.69, 9.17) is 4.74 Å². The lowest BCUT2D eigenvalue weighted by atomic mass is 10.2. The molecule has 0 unspecified atom stereocenters. The Kier molecular flexibility index (Phi) is 6.07. The molecule has 0 bridgehead atoms. The first-order valence-electron chi connectivity index (χ1n) is 9.99. The molecule has 31 heavy (non-hydrogen) atoms. The zero-order chi connectivity index (χ0) is 21.6. The van der Waals surface area contributed by atoms with Crippen molar-refractivity contribution in [1.82, 2.24) is 19.9 Å². The summed E-state index contributed by atoms with van der Waals surface area (Å²) in [6.45, 7) is 1.32. The van der Waals surface area contributed by atoms with E-state index < -0.39 is 0 Å². The third-order valence-electron chi connectivity index (χ3n) is 5.03. The summed E-state index contributed by atoms with van der Waals surface area (Å²) in [7, 11) is 1.59. The maximum Gasteiger partial charge on any atom is 0.276 e. The zero-order valence-electron chi connectivity index (χ0n) is 17.2. The molecule has 0 spiro atoms. The standard InChI is InChI=1S/C23H23N5O3/c1-31-20-11-5-10-19(15-20)28-14-13-26(17-22(28)29)23(30)21-16-27(25-24-21)12-6-9-18-7-3-2-4-8-18/h2-11,15-16H,12-14,17H2,1H3. The fourth-order valence-corrected chi connectivity index (χ4v) is 3.41. The highest BCUT2D eigenvalue weighted by Gasteiger charge is 2.30. The van der Waals surface area contributed by atoms with Crippen molar-refractivity contribution in [2.45, 2.75) is 6.54 Å². The molecule has 3 aromatic rings. The number of allylic oxidation sites excluding steroid dienone is 1. The van der Waals surface area contributed by atoms with E-state index in [0.29, 0.717) is 25.4 Å². The highest BCUT2D eigenvalue weighted by molar-refractivity contribution is 6.00. The highest BCUT2D eigenvalue weighted by atomic mass is 16.5. The number of carbonyl (C=O) groups is 2. The van der Waals surface area contributed by atoms with E-state index in [2.05, 4.69) is 10.3 Å². The van der Waals surface area contributed by atoms with Crippen LogP contribution in [0, 0.1) is 0 Å². The van der Waals surface area contributed by atoms with Crippen LogP contribution in [-0.4, -0.2) is 58.5 Å². The molecule has 0 radical (unpaired) electrons. The molecule has 1 aromatic heterocycles. The summed E-state index contributed by atoms with van der Waals surface area (Å²) in [5.41, 5.74) is 2.08. The van der Waals surface area contributed by atoms with Crippen LogP contribution in [0.5, 0.6) is 5.75 Å². The molecule has 8 heteroatoms. The lowest BCUT2D eigenvalue weighted by Crippen LogP contribution is -2.52. The van der Waals surface area contributed by atoms with E-state index in [0.717, 1.165) is 11.3 Å². The lowest BCUT2D eigenvalue weighted by Gasteiger charge is -2.34. The Hall–Kier alpha value is -3.94. The molecule has 158 valence electrons. The van der Waals surface area contributed by atoms with Gasteiger partial charge in [0.2, 0.25) is 5.91 Å². The Morgan fingerprint density at radius 1 is 1.13 bits per heavy atom. The maximum absolute atomic E-state index is 12.8. The van der Waals surface area contributed by atoms with Crippen molar-refractivity contribution in [2.24, 2.45) is 0 Å². The number of hydrogen-bond acceptors (Lipinski definition) is 5. The van der Waals surface area contributed by atoms with Crippen molar-refractivity contribution < 1.29 is 14.3 Å². The van der Waals surface area contributed by atoms with Crippen LogP contribution in [0.3, 0.4) is 0 Å². The van der Waals surface area contributed by atoms with Crippen molar-refractivity contribution >= 4 is 23.6 Å². The Morgan fingerprint density at radius 2 is 1.97 bits per heavy atom. The largest absolute Gasteiger partial charge is 0.497 e. The lowest BCUT2D eigenvalue weighted by molar-refractivity contribution is -0.120. The van der Waals surface area contributed by atoms with Gasteiger partial charge in [-0.3, -0.25) is 9.59 Å². The van der Waals surface area contributed by atoms with Gasteiger partial charge in [0.1, 0.15) is 12.3 Å². The SMILES string of the molecule is COc1cccc(N2CCN(C(=O)c3cn(CC=Cc4ccccc4)nn3)CC2=O)c1. The minimum absolute atomic E-state index is 0.00316. The molecule has 4 rings (SSSR count). The number of amides is 2. The van der Waals surface area contributed by atoms with E-state index in [-0.39, 0.29) is 24.1 Å². The van der Waals surface area contributed by atoms with Gasteiger partial charge in [-0.15, -0.1) is 5.10 Å². The van der Waals surface area contributed by atoms with Gasteiger partial charge in [-0.1, -0.05) is 53.8 Å². The number of nitrogens with zero attached hydrogens (tertiary/aromatic N) is 5. The number of piperazine rings is 1. The molecule has 0 aliphatic carbocycles. The van der Waals surface area contributed by atoms with Crippen molar-refractivity contribution in [2.75, 3.05) is 31.6 Å². The third-order valence-corrected chi connectivity index (χ3v) is 5.03. The maximum atomic E-state index is 12.8. The van der Waals surface area contributed by atoms with E-state index in [1.165, 1.54) is 4.90 Å². The second-order valence-corrected chi connectivity index (χ2v) is 7.11.